The average molecular weight is 500 g/mol. The number of hydrogen-bond donors (Lipinski definition) is 4. The van der Waals surface area contributed by atoms with Gasteiger partial charge in [-0.25, -0.2) is 4.79 Å². The van der Waals surface area contributed by atoms with E-state index < -0.39 is 42.9 Å². The maximum Gasteiger partial charge on any atom is 0.343 e. The summed E-state index contributed by atoms with van der Waals surface area (Å²) in [6, 6.07) is 7.42. The van der Waals surface area contributed by atoms with Crippen molar-refractivity contribution in [1.82, 2.24) is 4.90 Å². The fourth-order valence-corrected chi connectivity index (χ4v) is 3.81. The van der Waals surface area contributed by atoms with Gasteiger partial charge in [0.2, 0.25) is 0 Å². The van der Waals surface area contributed by atoms with Gasteiger partial charge in [0, 0.05) is 12.1 Å². The fourth-order valence-electron chi connectivity index (χ4n) is 3.81. The molecule has 0 unspecified atom stereocenters. The highest BCUT2D eigenvalue weighted by molar-refractivity contribution is 6.02. The molecular formula is C24H24N2O10. The van der Waals surface area contributed by atoms with Crippen LogP contribution in [-0.2, 0) is 27.2 Å². The fraction of sp³-hybridized carbons (Fsp3) is 0.292. The minimum Gasteiger partial charge on any atom is -0.489 e. The Balaban J connectivity index is 2.13. The van der Waals surface area contributed by atoms with Gasteiger partial charge in [0.15, 0.2) is 11.5 Å². The van der Waals surface area contributed by atoms with Crippen molar-refractivity contribution >= 4 is 35.5 Å². The van der Waals surface area contributed by atoms with E-state index in [0.29, 0.717) is 29.0 Å². The molecule has 0 radical (unpaired) electrons. The van der Waals surface area contributed by atoms with Crippen molar-refractivity contribution in [1.29, 1.82) is 0 Å². The summed E-state index contributed by atoms with van der Waals surface area (Å²) in [4.78, 5) is 60.8. The van der Waals surface area contributed by atoms with E-state index in [2.05, 4.69) is 0 Å². The summed E-state index contributed by atoms with van der Waals surface area (Å²) in [6.45, 7) is -1.80. The third-order valence-electron chi connectivity index (χ3n) is 5.36. The van der Waals surface area contributed by atoms with Crippen LogP contribution in [0.3, 0.4) is 0 Å². The van der Waals surface area contributed by atoms with Crippen LogP contribution in [0.15, 0.2) is 30.3 Å². The first kappa shape index (κ1) is 26.0. The molecule has 2 aromatic rings. The number of nitrogens with two attached hydrogens (primary N) is 1. The van der Waals surface area contributed by atoms with Crippen LogP contribution in [0.4, 0.5) is 5.69 Å². The van der Waals surface area contributed by atoms with Crippen LogP contribution in [0.2, 0.25) is 0 Å². The highest BCUT2D eigenvalue weighted by Gasteiger charge is 2.30. The third-order valence-corrected chi connectivity index (χ3v) is 5.36. The minimum absolute atomic E-state index is 0.0549. The van der Waals surface area contributed by atoms with Gasteiger partial charge >= 0.3 is 23.9 Å². The van der Waals surface area contributed by atoms with Crippen molar-refractivity contribution < 1.29 is 48.8 Å². The smallest absolute Gasteiger partial charge is 0.343 e. The summed E-state index contributed by atoms with van der Waals surface area (Å²) in [6.07, 6.45) is 0.295. The number of carbonyl (C=O) groups is 5. The van der Waals surface area contributed by atoms with Crippen LogP contribution < -0.4 is 15.2 Å². The van der Waals surface area contributed by atoms with Gasteiger partial charge in [-0.15, -0.1) is 0 Å². The van der Waals surface area contributed by atoms with E-state index >= 15 is 0 Å². The number of esters is 1. The monoisotopic (exact) mass is 500 g/mol. The zero-order chi connectivity index (χ0) is 26.4. The third kappa shape index (κ3) is 6.29. The Labute approximate surface area is 204 Å². The highest BCUT2D eigenvalue weighted by Crippen LogP contribution is 2.37. The quantitative estimate of drug-likeness (QED) is 0.233. The number of ether oxygens (including phenoxy) is 2. The Morgan fingerprint density at radius 2 is 1.67 bits per heavy atom. The predicted octanol–water partition coefficient (Wildman–Crippen LogP) is 1.44. The molecule has 0 saturated carbocycles. The number of carbonyl (C=O) groups excluding carboxylic acids is 2. The molecule has 5 N–H and O–H groups in total. The van der Waals surface area contributed by atoms with Gasteiger partial charge in [-0.2, -0.15) is 0 Å². The Morgan fingerprint density at radius 1 is 0.972 bits per heavy atom. The Bertz CT molecular complexity index is 1210. The first-order chi connectivity index (χ1) is 17.1. The van der Waals surface area contributed by atoms with E-state index in [9.17, 15) is 34.2 Å². The number of carboxylic acid groups (broad SMARTS) is 3. The van der Waals surface area contributed by atoms with Crippen molar-refractivity contribution in [2.24, 2.45) is 0 Å². The van der Waals surface area contributed by atoms with Crippen molar-refractivity contribution in [2.75, 3.05) is 25.4 Å². The molecule has 0 atom stereocenters. The average Bonchev–Trinajstić information content (AvgIpc) is 2.79. The molecule has 0 spiro atoms. The van der Waals surface area contributed by atoms with Crippen LogP contribution in [0.5, 0.6) is 11.5 Å². The van der Waals surface area contributed by atoms with Crippen LogP contribution in [-0.4, -0.2) is 69.7 Å². The molecule has 3 rings (SSSR count). The lowest BCUT2D eigenvalue weighted by atomic mass is 9.99. The molecule has 0 fully saturated rings. The van der Waals surface area contributed by atoms with Crippen LogP contribution in [0, 0.1) is 0 Å². The van der Waals surface area contributed by atoms with Gasteiger partial charge in [-0.05, 0) is 54.7 Å². The van der Waals surface area contributed by atoms with Gasteiger partial charge in [0.05, 0.1) is 17.7 Å². The van der Waals surface area contributed by atoms with E-state index in [1.165, 1.54) is 18.2 Å². The number of carboxylic acids is 3. The standard InChI is InChI=1S/C24H24N2O10/c25-15-5-6-16-14(10-15)2-1-9-35-22-17(36-24(16)34)7-3-13(4-8-18(27)28)21(22)23(33)26(11-19(29)30)12-20(31)32/h3,5-7,10H,1-2,4,8-9,11-12,25H2,(H,27,28)(H,29,30)(H,31,32). The van der Waals surface area contributed by atoms with Crippen LogP contribution >= 0.6 is 0 Å². The summed E-state index contributed by atoms with van der Waals surface area (Å²) in [5.74, 6) is -6.17. The Morgan fingerprint density at radius 3 is 2.31 bits per heavy atom. The second kappa shape index (κ2) is 11.2. The van der Waals surface area contributed by atoms with E-state index in [1.807, 2.05) is 0 Å². The van der Waals surface area contributed by atoms with E-state index in [4.69, 9.17) is 20.3 Å². The van der Waals surface area contributed by atoms with Crippen LogP contribution in [0.25, 0.3) is 0 Å². The molecule has 12 nitrogen and oxygen atoms in total. The normalized spacial score (nSPS) is 12.8. The van der Waals surface area contributed by atoms with Crippen molar-refractivity contribution in [3.05, 3.63) is 52.6 Å². The molecule has 190 valence electrons. The Kier molecular flexibility index (Phi) is 8.10. The Hall–Kier alpha value is -4.61. The van der Waals surface area contributed by atoms with Crippen molar-refractivity contribution in [3.8, 4) is 11.5 Å². The number of benzene rings is 2. The molecule has 1 amide bonds. The number of hydrogen-bond acceptors (Lipinski definition) is 8. The molecule has 0 aliphatic carbocycles. The van der Waals surface area contributed by atoms with Gasteiger partial charge in [0.1, 0.15) is 13.1 Å². The number of rotatable bonds is 8. The number of amides is 1. The lowest BCUT2D eigenvalue weighted by molar-refractivity contribution is -0.141. The van der Waals surface area contributed by atoms with Crippen molar-refractivity contribution in [2.45, 2.75) is 25.7 Å². The number of aliphatic carboxylic acids is 3. The lowest BCUT2D eigenvalue weighted by Gasteiger charge is -2.24. The van der Waals surface area contributed by atoms with E-state index in [1.54, 1.807) is 12.1 Å². The molecule has 0 saturated heterocycles. The number of aryl methyl sites for hydroxylation is 2. The number of nitrogen functional groups attached to an aromatic ring is 1. The molecule has 0 bridgehead atoms. The molecule has 12 heteroatoms. The van der Waals surface area contributed by atoms with Gasteiger partial charge in [-0.1, -0.05) is 6.07 Å². The molecule has 36 heavy (non-hydrogen) atoms. The second-order valence-electron chi connectivity index (χ2n) is 8.03. The highest BCUT2D eigenvalue weighted by atomic mass is 16.6. The van der Waals surface area contributed by atoms with Gasteiger partial charge in [0.25, 0.3) is 5.91 Å². The largest absolute Gasteiger partial charge is 0.489 e. The first-order valence-corrected chi connectivity index (χ1v) is 10.9. The van der Waals surface area contributed by atoms with Crippen LogP contribution in [0.1, 0.15) is 44.7 Å². The summed E-state index contributed by atoms with van der Waals surface area (Å²) in [5.41, 5.74) is 7.11. The molecule has 2 aromatic carbocycles. The lowest BCUT2D eigenvalue weighted by Crippen LogP contribution is -2.40. The zero-order valence-electron chi connectivity index (χ0n) is 19.1. The predicted molar refractivity (Wildman–Crippen MR) is 123 cm³/mol. The molecular weight excluding hydrogens is 476 g/mol. The second-order valence-corrected chi connectivity index (χ2v) is 8.03. The van der Waals surface area contributed by atoms with E-state index in [-0.39, 0.29) is 47.6 Å². The zero-order valence-corrected chi connectivity index (χ0v) is 19.1. The summed E-state index contributed by atoms with van der Waals surface area (Å²) in [5, 5.41) is 27.5. The minimum atomic E-state index is -1.45. The first-order valence-electron chi connectivity index (χ1n) is 10.9. The molecule has 1 heterocycles. The van der Waals surface area contributed by atoms with Crippen molar-refractivity contribution in [3.63, 3.8) is 0 Å². The summed E-state index contributed by atoms with van der Waals surface area (Å²) in [7, 11) is 0. The number of fused-ring (bicyclic) bond motifs is 2. The SMILES string of the molecule is Nc1ccc2c(c1)CCCOc1c(ccc(CCC(=O)O)c1C(=O)N(CC(=O)O)CC(=O)O)OC2=O. The number of anilines is 1. The maximum absolute atomic E-state index is 13.4. The molecule has 1 aliphatic heterocycles. The van der Waals surface area contributed by atoms with Gasteiger partial charge < -0.3 is 35.4 Å². The van der Waals surface area contributed by atoms with E-state index in [0.717, 1.165) is 0 Å². The topological polar surface area (TPSA) is 194 Å². The maximum atomic E-state index is 13.4. The number of nitrogens with zero attached hydrogens (tertiary/aromatic N) is 1. The summed E-state index contributed by atoms with van der Waals surface area (Å²) >= 11 is 0. The summed E-state index contributed by atoms with van der Waals surface area (Å²) < 4.78 is 11.3. The van der Waals surface area contributed by atoms with Gasteiger partial charge in [-0.3, -0.25) is 19.2 Å². The molecule has 1 aliphatic rings. The molecule has 0 aromatic heterocycles.